The maximum Gasteiger partial charge on any atom is 0.210 e. The third kappa shape index (κ3) is 1.48. The molecule has 0 saturated heterocycles. The van der Waals surface area contributed by atoms with Crippen LogP contribution < -0.4 is 0 Å². The van der Waals surface area contributed by atoms with Crippen molar-refractivity contribution in [2.75, 3.05) is 0 Å². The topological polar surface area (TPSA) is 20.2 Å². The highest BCUT2D eigenvalue weighted by Crippen LogP contribution is 2.16. The van der Waals surface area contributed by atoms with Gasteiger partial charge < -0.3 is 5.11 Å². The molecule has 0 bridgehead atoms. The number of hydrogen-bond donors (Lipinski definition) is 1. The average Bonchev–Trinajstić information content (AvgIpc) is 2.24. The van der Waals surface area contributed by atoms with E-state index in [1.54, 1.807) is 0 Å². The summed E-state index contributed by atoms with van der Waals surface area (Å²) in [5, 5.41) is 3.69. The van der Waals surface area contributed by atoms with Gasteiger partial charge in [0.2, 0.25) is 1.43 Å². The molecule has 0 aromatic carbocycles. The SMILES string of the molecule is [3H]OC1([3H])C([3H])([3H])C([3H])([3H])C([3H])([3H])C([3H])([3H])C1([3H])[3H]. The van der Waals surface area contributed by atoms with Crippen LogP contribution in [0.5, 0.6) is 0 Å². The maximum atomic E-state index is 7.56. The summed E-state index contributed by atoms with van der Waals surface area (Å²) in [6, 6.07) is 0. The molecule has 0 aromatic rings. The van der Waals surface area contributed by atoms with E-state index in [0.717, 1.165) is 0 Å². The largest absolute Gasteiger partial charge is 0.393 e. The summed E-state index contributed by atoms with van der Waals surface area (Å²) in [6.45, 7) is 0. The van der Waals surface area contributed by atoms with Gasteiger partial charge in [-0.25, -0.2) is 0 Å². The van der Waals surface area contributed by atoms with Gasteiger partial charge in [0, 0.05) is 13.7 Å². The Bertz CT molecular complexity index is 356. The van der Waals surface area contributed by atoms with Crippen molar-refractivity contribution in [1.29, 1.82) is 1.43 Å². The van der Waals surface area contributed by atoms with E-state index in [1.807, 2.05) is 0 Å². The van der Waals surface area contributed by atoms with Gasteiger partial charge in [-0.15, -0.1) is 0 Å². The van der Waals surface area contributed by atoms with Crippen molar-refractivity contribution >= 4 is 0 Å². The van der Waals surface area contributed by atoms with Crippen LogP contribution in [0.2, 0.25) is 0 Å². The minimum Gasteiger partial charge on any atom is -0.393 e. The van der Waals surface area contributed by atoms with E-state index in [9.17, 15) is 0 Å². The summed E-state index contributed by atoms with van der Waals surface area (Å²) < 4.78 is 88.8. The van der Waals surface area contributed by atoms with Gasteiger partial charge in [-0.05, 0) is 12.7 Å². The molecule has 0 heterocycles. The molecule has 1 fully saturated rings. The molecule has 0 aromatic heterocycles. The van der Waals surface area contributed by atoms with Crippen LogP contribution >= 0.6 is 0 Å². The smallest absolute Gasteiger partial charge is 0.210 e. The van der Waals surface area contributed by atoms with Gasteiger partial charge in [0.25, 0.3) is 0 Å². The Morgan fingerprint density at radius 3 is 2.86 bits per heavy atom. The normalized spacial score (nSPS) is 90.9. The zero-order chi connectivity index (χ0) is 15.7. The molecule has 1 rings (SSSR count). The molecule has 0 unspecified atom stereocenters. The Kier molecular flexibility index (Phi) is 0.227. The summed E-state index contributed by atoms with van der Waals surface area (Å²) in [7, 11) is 0. The van der Waals surface area contributed by atoms with Crippen molar-refractivity contribution in [2.24, 2.45) is 0 Å². The van der Waals surface area contributed by atoms with Crippen LogP contribution in [0, 0.1) is 0 Å². The van der Waals surface area contributed by atoms with Crippen molar-refractivity contribution in [1.82, 2.24) is 0 Å². The third-order valence-corrected chi connectivity index (χ3v) is 0.477. The first-order valence-electron chi connectivity index (χ1n) is 7.61. The lowest BCUT2D eigenvalue weighted by Gasteiger charge is -2.14. The zero-order valence-corrected chi connectivity index (χ0v) is 3.41. The molecule has 1 N–H and O–H groups in total. The number of rotatable bonds is 1. The quantitative estimate of drug-likeness (QED) is 0.559. The van der Waals surface area contributed by atoms with E-state index in [-0.39, 0.29) is 0 Å². The molecular weight excluding hydrogens is 88.1 g/mol. The van der Waals surface area contributed by atoms with Gasteiger partial charge in [-0.2, -0.15) is 0 Å². The molecule has 1 aliphatic rings. The third-order valence-electron chi connectivity index (χ3n) is 0.477. The maximum absolute atomic E-state index is 7.56. The van der Waals surface area contributed by atoms with Crippen molar-refractivity contribution < 1.29 is 20.2 Å². The van der Waals surface area contributed by atoms with Crippen molar-refractivity contribution in [2.45, 2.75) is 37.9 Å². The first-order chi connectivity index (χ1) is 8.06. The molecule has 0 spiro atoms. The first kappa shape index (κ1) is 0.688. The van der Waals surface area contributed by atoms with Gasteiger partial charge in [0.1, 0.15) is 0 Å². The van der Waals surface area contributed by atoms with Crippen molar-refractivity contribution in [3.05, 3.63) is 0 Å². The second kappa shape index (κ2) is 2.31. The van der Waals surface area contributed by atoms with Crippen LogP contribution in [0.1, 0.15) is 46.9 Å². The fraction of sp³-hybridized carbons (Fsp3) is 1.00. The zero-order valence-electron chi connectivity index (χ0n) is 15.4. The Balaban J connectivity index is 3.76. The summed E-state index contributed by atoms with van der Waals surface area (Å²) in [5.74, 6) is 0. The molecule has 1 saturated carbocycles. The van der Waals surface area contributed by atoms with Crippen molar-refractivity contribution in [3.63, 3.8) is 0 Å². The predicted octanol–water partition coefficient (Wildman–Crippen LogP) is 1.31. The summed E-state index contributed by atoms with van der Waals surface area (Å²) in [5.41, 5.74) is 0. The molecule has 1 nitrogen and oxygen atoms in total. The molecule has 0 aliphatic heterocycles. The molecule has 1 aliphatic carbocycles. The van der Waals surface area contributed by atoms with E-state index in [0.29, 0.717) is 0 Å². The predicted molar refractivity (Wildman–Crippen MR) is 29.1 cm³/mol. The molecule has 0 atom stereocenters. The summed E-state index contributed by atoms with van der Waals surface area (Å²) in [4.78, 5) is 0. The molecule has 0 amide bonds. The minimum absolute atomic E-state index is 3.57. The van der Waals surface area contributed by atoms with E-state index < -0.39 is 37.9 Å². The van der Waals surface area contributed by atoms with E-state index in [4.69, 9.17) is 16.5 Å². The lowest BCUT2D eigenvalue weighted by atomic mass is 9.98. The van der Waals surface area contributed by atoms with Crippen molar-refractivity contribution in [3.8, 4) is 0 Å². The van der Waals surface area contributed by atoms with Gasteiger partial charge in [-0.1, -0.05) is 19.1 Å². The summed E-state index contributed by atoms with van der Waals surface area (Å²) >= 11 is 0. The molecule has 42 valence electrons. The minimum atomic E-state index is -3.60. The Hall–Kier alpha value is -0.0400. The second-order valence-electron chi connectivity index (χ2n) is 0.954. The standard InChI is InChI=1S/C6H12O/c7-6-4-2-1-3-5-6/h6-7H,1-5H2/i1T2,2T2,3T2,4T2,5T2,6T,7T. The first-order valence-corrected chi connectivity index (χ1v) is 1.70. The lowest BCUT2D eigenvalue weighted by Crippen LogP contribution is -2.09. The fourth-order valence-electron chi connectivity index (χ4n) is 0.239. The fourth-order valence-corrected chi connectivity index (χ4v) is 0.239. The molecule has 1 heteroatoms. The highest BCUT2D eigenvalue weighted by molar-refractivity contribution is 4.61. The van der Waals surface area contributed by atoms with Crippen LogP contribution in [0.4, 0.5) is 0 Å². The molecule has 7 heavy (non-hydrogen) atoms. The Morgan fingerprint density at radius 1 is 1.57 bits per heavy atom. The van der Waals surface area contributed by atoms with Crippen LogP contribution in [0.15, 0.2) is 0 Å². The van der Waals surface area contributed by atoms with Crippen LogP contribution in [-0.4, -0.2) is 12.6 Å². The van der Waals surface area contributed by atoms with Crippen LogP contribution in [0.25, 0.3) is 0 Å². The van der Waals surface area contributed by atoms with Gasteiger partial charge in [0.15, 0.2) is 0 Å². The molecule has 0 radical (unpaired) electrons. The van der Waals surface area contributed by atoms with Crippen LogP contribution in [0.3, 0.4) is 0 Å². The van der Waals surface area contributed by atoms with Crippen LogP contribution in [-0.2, 0) is 0 Å². The van der Waals surface area contributed by atoms with Gasteiger partial charge in [-0.3, -0.25) is 0 Å². The number of aliphatic hydroxyl groups is 1. The monoisotopic (exact) mass is 124 g/mol. The van der Waals surface area contributed by atoms with Gasteiger partial charge in [0.05, 0.1) is 7.45 Å². The highest BCUT2D eigenvalue weighted by Gasteiger charge is 2.07. The molecular formula is C6H12O. The Morgan fingerprint density at radius 2 is 2.29 bits per heavy atom. The summed E-state index contributed by atoms with van der Waals surface area (Å²) in [6.07, 6.45) is -21.5. The van der Waals surface area contributed by atoms with E-state index in [1.165, 1.54) is 0 Å². The lowest BCUT2D eigenvalue weighted by molar-refractivity contribution is 0.130. The highest BCUT2D eigenvalue weighted by atomic mass is 16.3. The number of hydrogen-bond acceptors (Lipinski definition) is 1. The average molecular weight is 124 g/mol. The van der Waals surface area contributed by atoms with E-state index >= 15 is 0 Å². The Labute approximate surface area is 61.3 Å². The van der Waals surface area contributed by atoms with E-state index in [2.05, 4.69) is 5.11 Å². The second-order valence-corrected chi connectivity index (χ2v) is 0.954. The van der Waals surface area contributed by atoms with Gasteiger partial charge >= 0.3 is 0 Å².